The van der Waals surface area contributed by atoms with Gasteiger partial charge in [-0.2, -0.15) is 0 Å². The molecule has 0 aliphatic carbocycles. The number of nitrogen functional groups attached to an aromatic ring is 1. The van der Waals surface area contributed by atoms with Gasteiger partial charge in [-0.05, 0) is 45.3 Å². The number of nitrogens with two attached hydrogens (primary N) is 1. The van der Waals surface area contributed by atoms with Crippen LogP contribution in [0.3, 0.4) is 0 Å². The fraction of sp³-hybridized carbons (Fsp3) is 0.316. The van der Waals surface area contributed by atoms with Crippen LogP contribution in [0.15, 0.2) is 36.8 Å². The number of nitrogens with one attached hydrogen (secondary N) is 2. The Bertz CT molecular complexity index is 911. The van der Waals surface area contributed by atoms with Gasteiger partial charge in [0.05, 0.1) is 17.6 Å². The minimum Gasteiger partial charge on any atom is -0.368 e. The molecule has 26 heavy (non-hydrogen) atoms. The Morgan fingerprint density at radius 1 is 1.27 bits per heavy atom. The molecule has 0 amide bonds. The first-order valence-corrected chi connectivity index (χ1v) is 8.74. The quantitative estimate of drug-likeness (QED) is 0.605. The van der Waals surface area contributed by atoms with Gasteiger partial charge in [-0.15, -0.1) is 0 Å². The van der Waals surface area contributed by atoms with Crippen molar-refractivity contribution in [2.24, 2.45) is 0 Å². The molecule has 3 aromatic rings. The number of hydrogen-bond donors (Lipinski definition) is 3. The summed E-state index contributed by atoms with van der Waals surface area (Å²) in [5, 5.41) is 4.28. The van der Waals surface area contributed by atoms with Crippen molar-refractivity contribution in [1.82, 2.24) is 24.8 Å². The van der Waals surface area contributed by atoms with Crippen molar-refractivity contribution in [2.75, 3.05) is 31.7 Å². The molecule has 0 aliphatic rings. The minimum atomic E-state index is 0.291. The number of pyridine rings is 1. The van der Waals surface area contributed by atoms with Crippen LogP contribution in [0.1, 0.15) is 19.0 Å². The number of nitrogens with zero attached hydrogens (tertiary/aromatic N) is 4. The summed E-state index contributed by atoms with van der Waals surface area (Å²) >= 11 is 0. The molecule has 0 saturated carbocycles. The molecule has 0 spiro atoms. The van der Waals surface area contributed by atoms with Crippen molar-refractivity contribution >= 4 is 22.7 Å². The summed E-state index contributed by atoms with van der Waals surface area (Å²) in [5.74, 6) is 0.291. The second-order valence-corrected chi connectivity index (χ2v) is 6.42. The number of aryl methyl sites for hydroxylation is 1. The summed E-state index contributed by atoms with van der Waals surface area (Å²) in [5.41, 5.74) is 10.3. The van der Waals surface area contributed by atoms with Crippen LogP contribution in [0, 0.1) is 0 Å². The molecule has 7 heteroatoms. The number of aromatic nitrogens is 4. The molecular formula is C19H25N7. The second-order valence-electron chi connectivity index (χ2n) is 6.42. The molecule has 3 heterocycles. The summed E-state index contributed by atoms with van der Waals surface area (Å²) in [6.07, 6.45) is 9.59. The van der Waals surface area contributed by atoms with Crippen molar-refractivity contribution in [1.29, 1.82) is 0 Å². The van der Waals surface area contributed by atoms with E-state index in [4.69, 9.17) is 5.73 Å². The van der Waals surface area contributed by atoms with Crippen molar-refractivity contribution < 1.29 is 0 Å². The minimum absolute atomic E-state index is 0.291. The van der Waals surface area contributed by atoms with E-state index in [1.165, 1.54) is 0 Å². The van der Waals surface area contributed by atoms with E-state index in [2.05, 4.69) is 56.4 Å². The van der Waals surface area contributed by atoms with Crippen LogP contribution in [0.25, 0.3) is 22.3 Å². The molecule has 3 aromatic heterocycles. The van der Waals surface area contributed by atoms with Crippen LogP contribution in [-0.4, -0.2) is 45.5 Å². The largest absolute Gasteiger partial charge is 0.368 e. The van der Waals surface area contributed by atoms with E-state index < -0.39 is 0 Å². The van der Waals surface area contributed by atoms with E-state index in [0.29, 0.717) is 5.95 Å². The zero-order valence-corrected chi connectivity index (χ0v) is 15.5. The predicted octanol–water partition coefficient (Wildman–Crippen LogP) is 3.04. The number of anilines is 2. The third-order valence-electron chi connectivity index (χ3n) is 4.08. The highest BCUT2D eigenvalue weighted by molar-refractivity contribution is 5.94. The van der Waals surface area contributed by atoms with Crippen molar-refractivity contribution in [3.8, 4) is 11.3 Å². The van der Waals surface area contributed by atoms with Crippen LogP contribution < -0.4 is 11.1 Å². The standard InChI is InChI=1S/C19H25N7/c1-4-13-10-17(25-19(20)24-13)16-12-23-18-15(16)9-14(11-22-18)21-7-5-6-8-26(2)3/h5,7,9-12,21H,4,6,8H2,1-3H3,(H,22,23)(H2,20,24,25)/b7-5-. The summed E-state index contributed by atoms with van der Waals surface area (Å²) < 4.78 is 0. The summed E-state index contributed by atoms with van der Waals surface area (Å²) in [6.45, 7) is 3.07. The highest BCUT2D eigenvalue weighted by atomic mass is 15.0. The van der Waals surface area contributed by atoms with Crippen LogP contribution in [0.4, 0.5) is 11.6 Å². The van der Waals surface area contributed by atoms with E-state index in [9.17, 15) is 0 Å². The van der Waals surface area contributed by atoms with Gasteiger partial charge in [-0.1, -0.05) is 13.0 Å². The van der Waals surface area contributed by atoms with E-state index in [1.807, 2.05) is 31.6 Å². The van der Waals surface area contributed by atoms with Gasteiger partial charge in [0.15, 0.2) is 0 Å². The van der Waals surface area contributed by atoms with Crippen molar-refractivity contribution in [3.05, 3.63) is 42.5 Å². The topological polar surface area (TPSA) is 95.8 Å². The number of hydrogen-bond acceptors (Lipinski definition) is 6. The normalized spacial score (nSPS) is 11.7. The smallest absolute Gasteiger partial charge is 0.220 e. The lowest BCUT2D eigenvalue weighted by Crippen LogP contribution is -2.11. The second kappa shape index (κ2) is 7.97. The fourth-order valence-corrected chi connectivity index (χ4v) is 2.70. The molecule has 0 aromatic carbocycles. The van der Waals surface area contributed by atoms with E-state index in [-0.39, 0.29) is 0 Å². The highest BCUT2D eigenvalue weighted by Gasteiger charge is 2.11. The van der Waals surface area contributed by atoms with Crippen LogP contribution in [0.2, 0.25) is 0 Å². The van der Waals surface area contributed by atoms with Gasteiger partial charge < -0.3 is 20.9 Å². The zero-order valence-electron chi connectivity index (χ0n) is 15.5. The first-order chi connectivity index (χ1) is 12.6. The van der Waals surface area contributed by atoms with Crippen LogP contribution in [-0.2, 0) is 6.42 Å². The maximum absolute atomic E-state index is 5.86. The van der Waals surface area contributed by atoms with Gasteiger partial charge in [-0.25, -0.2) is 15.0 Å². The maximum atomic E-state index is 5.86. The fourth-order valence-electron chi connectivity index (χ4n) is 2.70. The Morgan fingerprint density at radius 2 is 2.12 bits per heavy atom. The van der Waals surface area contributed by atoms with Crippen molar-refractivity contribution in [3.63, 3.8) is 0 Å². The number of aromatic amines is 1. The number of fused-ring (bicyclic) bond motifs is 1. The SMILES string of the molecule is CCc1cc(-c2c[nH]c3ncc(N/C=C\CCN(C)C)cc23)nc(N)n1. The molecule has 136 valence electrons. The predicted molar refractivity (Wildman–Crippen MR) is 107 cm³/mol. The average Bonchev–Trinajstić information content (AvgIpc) is 3.04. The lowest BCUT2D eigenvalue weighted by atomic mass is 10.1. The molecule has 0 radical (unpaired) electrons. The monoisotopic (exact) mass is 351 g/mol. The molecule has 0 saturated heterocycles. The Labute approximate surface area is 153 Å². The first kappa shape index (κ1) is 17.9. The Hall–Kier alpha value is -2.93. The molecule has 0 bridgehead atoms. The van der Waals surface area contributed by atoms with E-state index in [0.717, 1.165) is 53.1 Å². The molecule has 3 rings (SSSR count). The molecule has 4 N–H and O–H groups in total. The van der Waals surface area contributed by atoms with Gasteiger partial charge in [0.1, 0.15) is 5.65 Å². The molecule has 0 unspecified atom stereocenters. The Balaban J connectivity index is 1.85. The van der Waals surface area contributed by atoms with Gasteiger partial charge in [0, 0.05) is 29.4 Å². The molecule has 0 aliphatic heterocycles. The van der Waals surface area contributed by atoms with Gasteiger partial charge >= 0.3 is 0 Å². The molecule has 0 fully saturated rings. The molecule has 7 nitrogen and oxygen atoms in total. The Morgan fingerprint density at radius 3 is 2.88 bits per heavy atom. The molecular weight excluding hydrogens is 326 g/mol. The third-order valence-corrected chi connectivity index (χ3v) is 4.08. The van der Waals surface area contributed by atoms with E-state index in [1.54, 1.807) is 0 Å². The van der Waals surface area contributed by atoms with Crippen molar-refractivity contribution in [2.45, 2.75) is 19.8 Å². The van der Waals surface area contributed by atoms with Gasteiger partial charge in [0.25, 0.3) is 0 Å². The number of rotatable bonds is 7. The first-order valence-electron chi connectivity index (χ1n) is 8.74. The van der Waals surface area contributed by atoms with Gasteiger partial charge in [0.2, 0.25) is 5.95 Å². The highest BCUT2D eigenvalue weighted by Crippen LogP contribution is 2.29. The zero-order chi connectivity index (χ0) is 18.5. The van der Waals surface area contributed by atoms with E-state index >= 15 is 0 Å². The Kier molecular flexibility index (Phi) is 5.48. The summed E-state index contributed by atoms with van der Waals surface area (Å²) in [7, 11) is 4.13. The molecule has 0 atom stereocenters. The van der Waals surface area contributed by atoms with Crippen LogP contribution >= 0.6 is 0 Å². The lowest BCUT2D eigenvalue weighted by molar-refractivity contribution is 0.417. The van der Waals surface area contributed by atoms with Crippen LogP contribution in [0.5, 0.6) is 0 Å². The maximum Gasteiger partial charge on any atom is 0.220 e. The summed E-state index contributed by atoms with van der Waals surface area (Å²) in [4.78, 5) is 18.5. The summed E-state index contributed by atoms with van der Waals surface area (Å²) in [6, 6.07) is 4.04. The lowest BCUT2D eigenvalue weighted by Gasteiger charge is -2.06. The third kappa shape index (κ3) is 4.18. The number of H-pyrrole nitrogens is 1. The average molecular weight is 351 g/mol. The van der Waals surface area contributed by atoms with Gasteiger partial charge in [-0.3, -0.25) is 0 Å².